The minimum atomic E-state index is -4.75. The Bertz CT molecular complexity index is 1380. The maximum atomic E-state index is 13.9. The Balaban J connectivity index is 1.59. The average molecular weight is 670 g/mol. The van der Waals surface area contributed by atoms with Gasteiger partial charge in [0.2, 0.25) is 0 Å². The van der Waals surface area contributed by atoms with Crippen LogP contribution in [0.5, 0.6) is 0 Å². The number of nitrogens with zero attached hydrogens (tertiary/aromatic N) is 5. The monoisotopic (exact) mass is 669 g/mol. The molecule has 0 spiro atoms. The summed E-state index contributed by atoms with van der Waals surface area (Å²) in [6.45, 7) is 3.24. The smallest absolute Gasteiger partial charge is 0.418 e. The van der Waals surface area contributed by atoms with Crippen LogP contribution in [0.15, 0.2) is 24.4 Å². The molecule has 0 aliphatic carbocycles. The normalized spacial score (nSPS) is 27.1. The van der Waals surface area contributed by atoms with Crippen LogP contribution in [0.4, 0.5) is 13.2 Å². The van der Waals surface area contributed by atoms with E-state index in [9.17, 15) is 28.2 Å². The van der Waals surface area contributed by atoms with E-state index in [0.717, 1.165) is 22.9 Å². The molecule has 1 aromatic carbocycles. The van der Waals surface area contributed by atoms with Crippen LogP contribution in [0.25, 0.3) is 5.69 Å². The van der Waals surface area contributed by atoms with Gasteiger partial charge in [-0.2, -0.15) is 23.4 Å². The van der Waals surface area contributed by atoms with Gasteiger partial charge < -0.3 is 24.4 Å². The van der Waals surface area contributed by atoms with Crippen molar-refractivity contribution >= 4 is 40.2 Å². The van der Waals surface area contributed by atoms with Crippen LogP contribution in [-0.4, -0.2) is 71.9 Å². The molecule has 4 heterocycles. The van der Waals surface area contributed by atoms with Gasteiger partial charge in [0.1, 0.15) is 36.3 Å². The van der Waals surface area contributed by atoms with Crippen LogP contribution in [0.3, 0.4) is 0 Å². The van der Waals surface area contributed by atoms with Crippen molar-refractivity contribution < 1.29 is 42.4 Å². The first-order chi connectivity index (χ1) is 17.9. The number of aliphatic hydroxyl groups is 2. The van der Waals surface area contributed by atoms with E-state index in [1.165, 1.54) is 17.8 Å². The van der Waals surface area contributed by atoms with Crippen molar-refractivity contribution in [2.45, 2.75) is 56.8 Å². The molecule has 6 atom stereocenters. The number of aliphatic hydroxyl groups excluding tert-OH is 2. The third-order valence-electron chi connectivity index (χ3n) is 6.15. The number of carbonyl (C=O) groups is 1. The van der Waals surface area contributed by atoms with E-state index in [1.807, 2.05) is 22.6 Å². The summed E-state index contributed by atoms with van der Waals surface area (Å²) >= 11 is 7.91. The number of ether oxygens (including phenoxy) is 3. The molecule has 38 heavy (non-hydrogen) atoms. The van der Waals surface area contributed by atoms with Crippen molar-refractivity contribution in [1.82, 2.24) is 24.5 Å². The Labute approximate surface area is 231 Å². The van der Waals surface area contributed by atoms with Crippen molar-refractivity contribution in [3.05, 3.63) is 55.9 Å². The zero-order valence-corrected chi connectivity index (χ0v) is 22.5. The quantitative estimate of drug-likeness (QED) is 0.311. The van der Waals surface area contributed by atoms with Crippen molar-refractivity contribution in [3.63, 3.8) is 0 Å². The van der Waals surface area contributed by atoms with Crippen molar-refractivity contribution in [3.8, 4) is 5.69 Å². The van der Waals surface area contributed by atoms with E-state index in [2.05, 4.69) is 15.2 Å². The molecule has 2 aliphatic heterocycles. The third-order valence-corrected chi connectivity index (χ3v) is 7.17. The number of halogens is 5. The van der Waals surface area contributed by atoms with Gasteiger partial charge in [0.15, 0.2) is 17.8 Å². The van der Waals surface area contributed by atoms with Gasteiger partial charge in [-0.15, -0.1) is 0 Å². The molecule has 2 saturated heterocycles. The SMILES string of the molecule is CCOC(=O)c1nn(C2C(O)[C@H](c3nc(C)nn3-c3cc(Cl)ccc3C(F)(F)F)OC3C(O)O[C@@H]32)cc1I. The second-order valence-corrected chi connectivity index (χ2v) is 10.2. The Hall–Kier alpha value is -2.31. The van der Waals surface area contributed by atoms with E-state index in [1.54, 1.807) is 6.92 Å². The van der Waals surface area contributed by atoms with Crippen LogP contribution in [0.1, 0.15) is 46.8 Å². The van der Waals surface area contributed by atoms with Crippen molar-refractivity contribution in [2.24, 2.45) is 0 Å². The third kappa shape index (κ3) is 4.68. The fraction of sp³-hybridized carbons (Fsp3) is 0.455. The first-order valence-electron chi connectivity index (χ1n) is 11.3. The molecule has 204 valence electrons. The molecule has 5 rings (SSSR count). The lowest BCUT2D eigenvalue weighted by Gasteiger charge is -2.52. The lowest BCUT2D eigenvalue weighted by Crippen LogP contribution is -2.65. The predicted octanol–water partition coefficient (Wildman–Crippen LogP) is 2.99. The second-order valence-electron chi connectivity index (χ2n) is 8.61. The lowest BCUT2D eigenvalue weighted by atomic mass is 9.88. The van der Waals surface area contributed by atoms with Gasteiger partial charge in [-0.1, -0.05) is 11.6 Å². The molecule has 0 radical (unpaired) electrons. The van der Waals surface area contributed by atoms with E-state index in [0.29, 0.717) is 3.57 Å². The fourth-order valence-corrected chi connectivity index (χ4v) is 5.30. The van der Waals surface area contributed by atoms with E-state index in [-0.39, 0.29) is 29.0 Å². The molecule has 3 aromatic rings. The number of carbonyl (C=O) groups excluding carboxylic acids is 1. The minimum Gasteiger partial charge on any atom is -0.461 e. The molecule has 0 amide bonds. The summed E-state index contributed by atoms with van der Waals surface area (Å²) in [5.74, 6) is -0.722. The molecule has 2 fully saturated rings. The first kappa shape index (κ1) is 27.3. The highest BCUT2D eigenvalue weighted by Crippen LogP contribution is 2.46. The van der Waals surface area contributed by atoms with Crippen molar-refractivity contribution in [1.29, 1.82) is 0 Å². The number of aromatic nitrogens is 5. The number of alkyl halides is 3. The summed E-state index contributed by atoms with van der Waals surface area (Å²) < 4.78 is 60.5. The Kier molecular flexibility index (Phi) is 7.19. The van der Waals surface area contributed by atoms with E-state index < -0.39 is 60.1 Å². The maximum Gasteiger partial charge on any atom is 0.418 e. The first-order valence-corrected chi connectivity index (χ1v) is 12.8. The van der Waals surface area contributed by atoms with Gasteiger partial charge in [-0.25, -0.2) is 14.5 Å². The largest absolute Gasteiger partial charge is 0.461 e. The van der Waals surface area contributed by atoms with Crippen molar-refractivity contribution in [2.75, 3.05) is 6.61 Å². The Morgan fingerprint density at radius 1 is 1.24 bits per heavy atom. The number of hydrogen-bond donors (Lipinski definition) is 2. The molecule has 2 aliphatic rings. The summed E-state index contributed by atoms with van der Waals surface area (Å²) in [5.41, 5.74) is -1.44. The predicted molar refractivity (Wildman–Crippen MR) is 131 cm³/mol. The van der Waals surface area contributed by atoms with Crippen LogP contribution in [0.2, 0.25) is 5.02 Å². The van der Waals surface area contributed by atoms with Gasteiger partial charge >= 0.3 is 12.1 Å². The highest BCUT2D eigenvalue weighted by molar-refractivity contribution is 14.1. The van der Waals surface area contributed by atoms with Gasteiger partial charge in [0.05, 0.1) is 21.4 Å². The molecule has 0 bridgehead atoms. The molecular formula is C22H20ClF3IN5O6. The number of hydrogen-bond acceptors (Lipinski definition) is 9. The van der Waals surface area contributed by atoms with Gasteiger partial charge in [-0.05, 0) is 54.6 Å². The van der Waals surface area contributed by atoms with Gasteiger partial charge in [-0.3, -0.25) is 4.68 Å². The molecular weight excluding hydrogens is 650 g/mol. The number of fused-ring (bicyclic) bond motifs is 1. The summed E-state index contributed by atoms with van der Waals surface area (Å²) in [6, 6.07) is 2.00. The van der Waals surface area contributed by atoms with Gasteiger partial charge in [0.25, 0.3) is 0 Å². The minimum absolute atomic E-state index is 0.00636. The molecule has 2 N–H and O–H groups in total. The number of benzene rings is 1. The standard InChI is InChI=1S/C22H20ClF3IN5O6/c1-3-36-20(34)13-11(27)7-31(30-13)14-15(33)17(37-18-16(14)38-21(18)35)19-28-8(2)29-32(19)12-6-9(23)4-5-10(12)22(24,25)26/h4-7,14-18,21,33,35H,3H2,1-2H3/t14?,15?,16-,17-,18?,21?/m1/s1. The average Bonchev–Trinajstić information content (AvgIpc) is 3.40. The fourth-order valence-electron chi connectivity index (χ4n) is 4.52. The topological polar surface area (TPSA) is 134 Å². The molecule has 16 heteroatoms. The summed E-state index contributed by atoms with van der Waals surface area (Å²) in [4.78, 5) is 16.6. The Morgan fingerprint density at radius 2 is 1.97 bits per heavy atom. The van der Waals surface area contributed by atoms with Crippen LogP contribution in [0, 0.1) is 10.5 Å². The molecule has 4 unspecified atom stereocenters. The van der Waals surface area contributed by atoms with Crippen LogP contribution < -0.4 is 0 Å². The lowest BCUT2D eigenvalue weighted by molar-refractivity contribution is -0.374. The van der Waals surface area contributed by atoms with Crippen LogP contribution in [-0.2, 0) is 20.4 Å². The summed E-state index contributed by atoms with van der Waals surface area (Å²) in [7, 11) is 0. The van der Waals surface area contributed by atoms with E-state index in [4.69, 9.17) is 25.8 Å². The summed E-state index contributed by atoms with van der Waals surface area (Å²) in [5, 5.41) is 30.1. The van der Waals surface area contributed by atoms with Crippen LogP contribution >= 0.6 is 34.2 Å². The number of esters is 1. The molecule has 11 nitrogen and oxygen atoms in total. The van der Waals surface area contributed by atoms with Gasteiger partial charge in [0, 0.05) is 11.2 Å². The second kappa shape index (κ2) is 10.0. The highest BCUT2D eigenvalue weighted by Gasteiger charge is 2.58. The molecule has 0 saturated carbocycles. The zero-order valence-electron chi connectivity index (χ0n) is 19.6. The highest BCUT2D eigenvalue weighted by atomic mass is 127. The summed E-state index contributed by atoms with van der Waals surface area (Å²) in [6.07, 6.45) is -9.35. The molecule has 2 aromatic heterocycles. The van der Waals surface area contributed by atoms with E-state index >= 15 is 0 Å². The Morgan fingerprint density at radius 3 is 2.63 bits per heavy atom. The number of rotatable bonds is 5. The number of aryl methyl sites for hydroxylation is 1. The zero-order chi connectivity index (χ0) is 27.5. The maximum absolute atomic E-state index is 13.9.